The lowest BCUT2D eigenvalue weighted by molar-refractivity contribution is -0.140. The molecule has 1 aromatic carbocycles. The first kappa shape index (κ1) is 14.8. The molecule has 0 bridgehead atoms. The van der Waals surface area contributed by atoms with Crippen molar-refractivity contribution in [1.29, 1.82) is 0 Å². The molecule has 7 heteroatoms. The van der Waals surface area contributed by atoms with Gasteiger partial charge in [-0.3, -0.25) is 0 Å². The molecule has 0 spiro atoms. The number of nitrogens with one attached hydrogen (secondary N) is 1. The van der Waals surface area contributed by atoms with E-state index in [1.54, 1.807) is 6.92 Å². The molecule has 0 radical (unpaired) electrons. The zero-order valence-electron chi connectivity index (χ0n) is 9.36. The topological polar surface area (TPSA) is 12.0 Å². The predicted molar refractivity (Wildman–Crippen MR) is 53.8 cm³/mol. The Kier molecular flexibility index (Phi) is 4.61. The van der Waals surface area contributed by atoms with E-state index < -0.39 is 30.0 Å². The highest BCUT2D eigenvalue weighted by molar-refractivity contribution is 5.29. The fourth-order valence-corrected chi connectivity index (χ4v) is 1.53. The van der Waals surface area contributed by atoms with Crippen molar-refractivity contribution in [3.8, 4) is 0 Å². The van der Waals surface area contributed by atoms with E-state index in [1.807, 2.05) is 0 Å². The fraction of sp³-hybridized carbons (Fsp3) is 0.455. The Balaban J connectivity index is 3.09. The first-order valence-corrected chi connectivity index (χ1v) is 5.15. The molecule has 1 nitrogen and oxygen atoms in total. The maximum atomic E-state index is 13.2. The molecule has 0 saturated carbocycles. The molecule has 0 fully saturated rings. The average molecular weight is 271 g/mol. The van der Waals surface area contributed by atoms with E-state index in [-0.39, 0.29) is 12.1 Å². The molecule has 18 heavy (non-hydrogen) atoms. The van der Waals surface area contributed by atoms with Gasteiger partial charge in [0.05, 0.1) is 11.6 Å². The molecular weight excluding hydrogens is 260 g/mol. The van der Waals surface area contributed by atoms with Gasteiger partial charge in [-0.15, -0.1) is 0 Å². The van der Waals surface area contributed by atoms with E-state index in [4.69, 9.17) is 0 Å². The van der Waals surface area contributed by atoms with Crippen LogP contribution in [0.2, 0.25) is 0 Å². The van der Waals surface area contributed by atoms with Crippen molar-refractivity contribution in [1.82, 2.24) is 5.32 Å². The maximum absolute atomic E-state index is 13.2. The Bertz CT molecular complexity index is 401. The third kappa shape index (κ3) is 3.38. The smallest absolute Gasteiger partial charge is 0.306 e. The lowest BCUT2D eigenvalue weighted by atomic mass is 10.0. The molecule has 0 aliphatic heterocycles. The molecular formula is C11H11F6N. The minimum Gasteiger partial charge on any atom is -0.306 e. The molecule has 1 atom stereocenters. The van der Waals surface area contributed by atoms with E-state index in [2.05, 4.69) is 5.32 Å². The van der Waals surface area contributed by atoms with Crippen LogP contribution in [0, 0.1) is 5.82 Å². The molecule has 0 saturated heterocycles. The van der Waals surface area contributed by atoms with Crippen LogP contribution in [0.5, 0.6) is 0 Å². The van der Waals surface area contributed by atoms with Crippen LogP contribution in [0.1, 0.15) is 24.1 Å². The summed E-state index contributed by atoms with van der Waals surface area (Å²) in [6.07, 6.45) is -7.66. The summed E-state index contributed by atoms with van der Waals surface area (Å²) >= 11 is 0. The molecule has 1 rings (SSSR count). The van der Waals surface area contributed by atoms with Crippen LogP contribution in [-0.4, -0.2) is 13.0 Å². The van der Waals surface area contributed by atoms with Gasteiger partial charge >= 0.3 is 6.18 Å². The van der Waals surface area contributed by atoms with Gasteiger partial charge < -0.3 is 5.32 Å². The van der Waals surface area contributed by atoms with Crippen molar-refractivity contribution in [2.45, 2.75) is 25.6 Å². The maximum Gasteiger partial charge on any atom is 0.419 e. The van der Waals surface area contributed by atoms with Gasteiger partial charge in [0, 0.05) is 0 Å². The van der Waals surface area contributed by atoms with Gasteiger partial charge in [0.25, 0.3) is 6.43 Å². The SMILES string of the molecule is CCNC(c1ccc(C(F)(F)F)c(F)c1)C(F)F. The predicted octanol–water partition coefficient (Wildman–Crippen LogP) is 3.76. The van der Waals surface area contributed by atoms with Crippen LogP contribution in [0.25, 0.3) is 0 Å². The van der Waals surface area contributed by atoms with E-state index in [9.17, 15) is 26.3 Å². The Morgan fingerprint density at radius 3 is 2.22 bits per heavy atom. The average Bonchev–Trinajstić information content (AvgIpc) is 2.23. The first-order valence-electron chi connectivity index (χ1n) is 5.15. The summed E-state index contributed by atoms with van der Waals surface area (Å²) in [5, 5.41) is 2.39. The Labute approximate surface area is 99.8 Å². The lowest BCUT2D eigenvalue weighted by Crippen LogP contribution is -2.27. The van der Waals surface area contributed by atoms with Gasteiger partial charge in [-0.1, -0.05) is 13.0 Å². The second kappa shape index (κ2) is 5.60. The van der Waals surface area contributed by atoms with Gasteiger partial charge in [0.1, 0.15) is 5.82 Å². The van der Waals surface area contributed by atoms with Gasteiger partial charge in [-0.05, 0) is 24.2 Å². The van der Waals surface area contributed by atoms with E-state index >= 15 is 0 Å². The van der Waals surface area contributed by atoms with Gasteiger partial charge in [0.2, 0.25) is 0 Å². The van der Waals surface area contributed by atoms with Crippen molar-refractivity contribution in [3.63, 3.8) is 0 Å². The molecule has 1 N–H and O–H groups in total. The normalized spacial score (nSPS) is 14.0. The van der Waals surface area contributed by atoms with Gasteiger partial charge in [0.15, 0.2) is 0 Å². The minimum absolute atomic E-state index is 0.192. The summed E-state index contributed by atoms with van der Waals surface area (Å²) < 4.78 is 75.3. The molecule has 1 unspecified atom stereocenters. The highest BCUT2D eigenvalue weighted by Gasteiger charge is 2.34. The Morgan fingerprint density at radius 2 is 1.83 bits per heavy atom. The van der Waals surface area contributed by atoms with Crippen molar-refractivity contribution < 1.29 is 26.3 Å². The van der Waals surface area contributed by atoms with Crippen LogP contribution in [-0.2, 0) is 6.18 Å². The van der Waals surface area contributed by atoms with Crippen molar-refractivity contribution >= 4 is 0 Å². The van der Waals surface area contributed by atoms with Crippen LogP contribution in [0.4, 0.5) is 26.3 Å². The standard InChI is InChI=1S/C11H11F6N/c1-2-18-9(10(13)14)6-3-4-7(8(12)5-6)11(15,16)17/h3-5,9-10,18H,2H2,1H3. The second-order valence-electron chi connectivity index (χ2n) is 3.61. The lowest BCUT2D eigenvalue weighted by Gasteiger charge is -2.18. The molecule has 0 aliphatic rings. The molecule has 0 aliphatic carbocycles. The summed E-state index contributed by atoms with van der Waals surface area (Å²) in [5.41, 5.74) is -1.67. The zero-order chi connectivity index (χ0) is 13.9. The largest absolute Gasteiger partial charge is 0.419 e. The van der Waals surface area contributed by atoms with Crippen molar-refractivity contribution in [2.24, 2.45) is 0 Å². The number of hydrogen-bond donors (Lipinski definition) is 1. The molecule has 102 valence electrons. The molecule has 1 aromatic rings. The third-order valence-corrected chi connectivity index (χ3v) is 2.33. The third-order valence-electron chi connectivity index (χ3n) is 2.33. The van der Waals surface area contributed by atoms with E-state index in [0.29, 0.717) is 12.1 Å². The molecule has 0 heterocycles. The van der Waals surface area contributed by atoms with Crippen LogP contribution in [0.3, 0.4) is 0 Å². The van der Waals surface area contributed by atoms with Crippen LogP contribution < -0.4 is 5.32 Å². The minimum atomic E-state index is -4.83. The summed E-state index contributed by atoms with van der Waals surface area (Å²) in [6.45, 7) is 1.76. The van der Waals surface area contributed by atoms with Crippen LogP contribution in [0.15, 0.2) is 18.2 Å². The fourth-order valence-electron chi connectivity index (χ4n) is 1.53. The number of halogens is 6. The summed E-state index contributed by atoms with van der Waals surface area (Å²) in [7, 11) is 0. The monoisotopic (exact) mass is 271 g/mol. The summed E-state index contributed by atoms with van der Waals surface area (Å²) in [5.74, 6) is -1.55. The number of alkyl halides is 5. The highest BCUT2D eigenvalue weighted by Crippen LogP contribution is 2.33. The van der Waals surface area contributed by atoms with Gasteiger partial charge in [-0.25, -0.2) is 13.2 Å². The highest BCUT2D eigenvalue weighted by atomic mass is 19.4. The summed E-state index contributed by atoms with van der Waals surface area (Å²) in [6, 6.07) is 0.331. The number of benzene rings is 1. The van der Waals surface area contributed by atoms with Crippen molar-refractivity contribution in [3.05, 3.63) is 35.1 Å². The Morgan fingerprint density at radius 1 is 1.22 bits per heavy atom. The van der Waals surface area contributed by atoms with E-state index in [1.165, 1.54) is 0 Å². The molecule has 0 amide bonds. The Hall–Kier alpha value is -1.24. The number of rotatable bonds is 4. The second-order valence-corrected chi connectivity index (χ2v) is 3.61. The first-order chi connectivity index (χ1) is 8.27. The summed E-state index contributed by atoms with van der Waals surface area (Å²) in [4.78, 5) is 0. The number of hydrogen-bond acceptors (Lipinski definition) is 1. The quantitative estimate of drug-likeness (QED) is 0.822. The van der Waals surface area contributed by atoms with Gasteiger partial charge in [-0.2, -0.15) is 13.2 Å². The molecule has 0 aromatic heterocycles. The zero-order valence-corrected chi connectivity index (χ0v) is 9.36. The van der Waals surface area contributed by atoms with Crippen LogP contribution >= 0.6 is 0 Å². The van der Waals surface area contributed by atoms with E-state index in [0.717, 1.165) is 6.07 Å². The van der Waals surface area contributed by atoms with Crippen molar-refractivity contribution in [2.75, 3.05) is 6.54 Å².